The Balaban J connectivity index is 2.11. The molecular weight excluding hydrogens is 230 g/mol. The number of hydrogen-bond acceptors (Lipinski definition) is 4. The van der Waals surface area contributed by atoms with Crippen molar-refractivity contribution < 1.29 is 14.6 Å². The number of nitrogens with two attached hydrogens (primary N) is 1. The lowest BCUT2D eigenvalue weighted by Gasteiger charge is -2.29. The van der Waals surface area contributed by atoms with Crippen LogP contribution in [0.1, 0.15) is 30.4 Å². The maximum absolute atomic E-state index is 10.7. The second-order valence-electron chi connectivity index (χ2n) is 5.10. The van der Waals surface area contributed by atoms with Gasteiger partial charge in [-0.15, -0.1) is 0 Å². The molecule has 0 bridgehead atoms. The minimum absolute atomic E-state index is 0.250. The Hall–Kier alpha value is -1.26. The predicted octanol–water partition coefficient (Wildman–Crippen LogP) is 1.33. The monoisotopic (exact) mass is 249 g/mol. The van der Waals surface area contributed by atoms with Gasteiger partial charge in [0.15, 0.2) is 11.5 Å². The number of ether oxygens (including phenoxy) is 2. The number of benzene rings is 1. The van der Waals surface area contributed by atoms with Crippen molar-refractivity contribution >= 4 is 0 Å². The summed E-state index contributed by atoms with van der Waals surface area (Å²) < 4.78 is 11.2. The first-order chi connectivity index (χ1) is 8.73. The van der Waals surface area contributed by atoms with Crippen LogP contribution in [0, 0.1) is 0 Å². The van der Waals surface area contributed by atoms with Crippen LogP contribution in [0.25, 0.3) is 0 Å². The van der Waals surface area contributed by atoms with Gasteiger partial charge in [-0.1, -0.05) is 0 Å². The van der Waals surface area contributed by atoms with Crippen molar-refractivity contribution in [1.82, 2.24) is 0 Å². The SMILES string of the molecule is NCC1(O)CCCCc2cc3c(cc21)OCCO3. The van der Waals surface area contributed by atoms with Crippen LogP contribution in [0.3, 0.4) is 0 Å². The molecule has 0 saturated carbocycles. The van der Waals surface area contributed by atoms with Crippen LogP contribution in [-0.4, -0.2) is 24.9 Å². The van der Waals surface area contributed by atoms with E-state index in [-0.39, 0.29) is 6.54 Å². The van der Waals surface area contributed by atoms with Crippen molar-refractivity contribution in [3.63, 3.8) is 0 Å². The van der Waals surface area contributed by atoms with Crippen molar-refractivity contribution in [2.45, 2.75) is 31.3 Å². The Bertz CT molecular complexity index is 461. The third kappa shape index (κ3) is 1.85. The summed E-state index contributed by atoms with van der Waals surface area (Å²) in [6.45, 7) is 1.40. The molecule has 1 heterocycles. The quantitative estimate of drug-likeness (QED) is 0.737. The van der Waals surface area contributed by atoms with E-state index in [1.54, 1.807) is 0 Å². The molecule has 3 rings (SSSR count). The van der Waals surface area contributed by atoms with E-state index in [2.05, 4.69) is 0 Å². The molecule has 4 nitrogen and oxygen atoms in total. The lowest BCUT2D eigenvalue weighted by molar-refractivity contribution is 0.0357. The highest BCUT2D eigenvalue weighted by Crippen LogP contribution is 2.41. The maximum atomic E-state index is 10.7. The topological polar surface area (TPSA) is 64.7 Å². The molecule has 1 unspecified atom stereocenters. The fourth-order valence-electron chi connectivity index (χ4n) is 2.85. The number of fused-ring (bicyclic) bond motifs is 2. The first-order valence-corrected chi connectivity index (χ1v) is 6.58. The minimum Gasteiger partial charge on any atom is -0.486 e. The molecule has 1 aromatic carbocycles. The standard InChI is InChI=1S/C14H19NO3/c15-9-14(16)4-2-1-3-10-7-12-13(8-11(10)14)18-6-5-17-12/h7-8,16H,1-6,9,15H2. The molecular formula is C14H19NO3. The molecule has 18 heavy (non-hydrogen) atoms. The fourth-order valence-corrected chi connectivity index (χ4v) is 2.85. The van der Waals surface area contributed by atoms with Crippen molar-refractivity contribution in [3.05, 3.63) is 23.3 Å². The molecule has 1 aliphatic heterocycles. The molecule has 4 heteroatoms. The lowest BCUT2D eigenvalue weighted by atomic mass is 9.87. The van der Waals surface area contributed by atoms with Crippen molar-refractivity contribution in [3.8, 4) is 11.5 Å². The highest BCUT2D eigenvalue weighted by molar-refractivity contribution is 5.50. The Morgan fingerprint density at radius 2 is 1.89 bits per heavy atom. The Morgan fingerprint density at radius 1 is 1.17 bits per heavy atom. The molecule has 0 saturated heterocycles. The molecule has 1 atom stereocenters. The third-order valence-electron chi connectivity index (χ3n) is 3.89. The zero-order valence-corrected chi connectivity index (χ0v) is 10.4. The van der Waals surface area contributed by atoms with E-state index in [4.69, 9.17) is 15.2 Å². The largest absolute Gasteiger partial charge is 0.486 e. The van der Waals surface area contributed by atoms with E-state index in [9.17, 15) is 5.11 Å². The molecule has 0 aromatic heterocycles. The summed E-state index contributed by atoms with van der Waals surface area (Å²) in [5.41, 5.74) is 6.93. The lowest BCUT2D eigenvalue weighted by Crippen LogP contribution is -2.35. The second kappa shape index (κ2) is 4.44. The number of aliphatic hydroxyl groups is 1. The van der Waals surface area contributed by atoms with Crippen LogP contribution in [0.5, 0.6) is 11.5 Å². The van der Waals surface area contributed by atoms with Gasteiger partial charge in [0.05, 0.1) is 0 Å². The minimum atomic E-state index is -0.915. The molecule has 0 radical (unpaired) electrons. The summed E-state index contributed by atoms with van der Waals surface area (Å²) in [5.74, 6) is 1.52. The average Bonchev–Trinajstić information content (AvgIpc) is 2.57. The summed E-state index contributed by atoms with van der Waals surface area (Å²) in [7, 11) is 0. The van der Waals surface area contributed by atoms with Gasteiger partial charge in [0, 0.05) is 6.54 Å². The summed E-state index contributed by atoms with van der Waals surface area (Å²) >= 11 is 0. The van der Waals surface area contributed by atoms with Crippen LogP contribution in [0.15, 0.2) is 12.1 Å². The Kier molecular flexibility index (Phi) is 2.92. The zero-order valence-electron chi connectivity index (χ0n) is 10.4. The summed E-state index contributed by atoms with van der Waals surface area (Å²) in [6.07, 6.45) is 3.76. The second-order valence-corrected chi connectivity index (χ2v) is 5.10. The zero-order chi connectivity index (χ0) is 12.6. The first kappa shape index (κ1) is 11.8. The van der Waals surface area contributed by atoms with E-state index in [1.165, 1.54) is 0 Å². The molecule has 1 aromatic rings. The molecule has 0 fully saturated rings. The highest BCUT2D eigenvalue weighted by atomic mass is 16.6. The van der Waals surface area contributed by atoms with Crippen LogP contribution in [0.4, 0.5) is 0 Å². The van der Waals surface area contributed by atoms with Gasteiger partial charge >= 0.3 is 0 Å². The first-order valence-electron chi connectivity index (χ1n) is 6.58. The van der Waals surface area contributed by atoms with Gasteiger partial charge < -0.3 is 20.3 Å². The third-order valence-corrected chi connectivity index (χ3v) is 3.89. The van der Waals surface area contributed by atoms with Gasteiger partial charge in [0.25, 0.3) is 0 Å². The average molecular weight is 249 g/mol. The number of hydrogen-bond donors (Lipinski definition) is 2. The van der Waals surface area contributed by atoms with E-state index < -0.39 is 5.60 Å². The Morgan fingerprint density at radius 3 is 2.61 bits per heavy atom. The molecule has 3 N–H and O–H groups in total. The van der Waals surface area contributed by atoms with Crippen LogP contribution < -0.4 is 15.2 Å². The summed E-state index contributed by atoms with van der Waals surface area (Å²) in [6, 6.07) is 3.93. The summed E-state index contributed by atoms with van der Waals surface area (Å²) in [4.78, 5) is 0. The van der Waals surface area contributed by atoms with E-state index >= 15 is 0 Å². The van der Waals surface area contributed by atoms with E-state index in [0.717, 1.165) is 48.3 Å². The van der Waals surface area contributed by atoms with Gasteiger partial charge in [-0.3, -0.25) is 0 Å². The highest BCUT2D eigenvalue weighted by Gasteiger charge is 2.33. The van der Waals surface area contributed by atoms with Gasteiger partial charge in [-0.05, 0) is 48.9 Å². The maximum Gasteiger partial charge on any atom is 0.161 e. The molecule has 0 spiro atoms. The normalized spacial score (nSPS) is 26.3. The summed E-state index contributed by atoms with van der Waals surface area (Å²) in [5, 5.41) is 10.7. The van der Waals surface area contributed by atoms with Crippen molar-refractivity contribution in [1.29, 1.82) is 0 Å². The van der Waals surface area contributed by atoms with Gasteiger partial charge in [-0.25, -0.2) is 0 Å². The van der Waals surface area contributed by atoms with E-state index in [1.807, 2.05) is 12.1 Å². The number of rotatable bonds is 1. The molecule has 0 amide bonds. The van der Waals surface area contributed by atoms with Crippen LogP contribution >= 0.6 is 0 Å². The van der Waals surface area contributed by atoms with Gasteiger partial charge in [0.1, 0.15) is 18.8 Å². The van der Waals surface area contributed by atoms with Gasteiger partial charge in [-0.2, -0.15) is 0 Å². The number of aryl methyl sites for hydroxylation is 1. The predicted molar refractivity (Wildman–Crippen MR) is 67.9 cm³/mol. The fraction of sp³-hybridized carbons (Fsp3) is 0.571. The molecule has 98 valence electrons. The van der Waals surface area contributed by atoms with Gasteiger partial charge in [0.2, 0.25) is 0 Å². The van der Waals surface area contributed by atoms with E-state index in [0.29, 0.717) is 13.2 Å². The van der Waals surface area contributed by atoms with Crippen molar-refractivity contribution in [2.75, 3.05) is 19.8 Å². The van der Waals surface area contributed by atoms with Crippen molar-refractivity contribution in [2.24, 2.45) is 5.73 Å². The van der Waals surface area contributed by atoms with Crippen LogP contribution in [-0.2, 0) is 12.0 Å². The van der Waals surface area contributed by atoms with Crippen LogP contribution in [0.2, 0.25) is 0 Å². The molecule has 1 aliphatic carbocycles. The Labute approximate surface area is 107 Å². The smallest absolute Gasteiger partial charge is 0.161 e. The molecule has 2 aliphatic rings.